The molecule has 0 saturated heterocycles. The predicted octanol–water partition coefficient (Wildman–Crippen LogP) is 8.76. The number of rotatable bonds is 2. The molecule has 0 atom stereocenters. The molecule has 0 bridgehead atoms. The van der Waals surface area contributed by atoms with E-state index in [9.17, 15) is 0 Å². The molecule has 1 heteroatoms. The smallest absolute Gasteiger partial charge is 0.0591 e. The highest BCUT2D eigenvalue weighted by Crippen LogP contribution is 2.55. The fourth-order valence-electron chi connectivity index (χ4n) is 6.00. The third kappa shape index (κ3) is 2.55. The SMILES string of the molecule is CC1(C)c2ccc3ccccc3c2-c2c1c1cc(-c3ccccc3)ccc1n2-c1ccccc1. The first kappa shape index (κ1) is 19.4. The molecule has 0 amide bonds. The van der Waals surface area contributed by atoms with Crippen LogP contribution in [0.15, 0.2) is 115 Å². The fraction of sp³-hybridized carbons (Fsp3) is 0.0909. The number of fused-ring (bicyclic) bond motifs is 7. The van der Waals surface area contributed by atoms with Gasteiger partial charge in [-0.25, -0.2) is 0 Å². The van der Waals surface area contributed by atoms with Gasteiger partial charge >= 0.3 is 0 Å². The molecule has 0 fully saturated rings. The van der Waals surface area contributed by atoms with Crippen molar-refractivity contribution in [3.05, 3.63) is 126 Å². The van der Waals surface area contributed by atoms with Crippen molar-refractivity contribution in [1.29, 1.82) is 0 Å². The zero-order valence-electron chi connectivity index (χ0n) is 19.4. The van der Waals surface area contributed by atoms with Gasteiger partial charge in [0.2, 0.25) is 0 Å². The van der Waals surface area contributed by atoms with Gasteiger partial charge in [0.25, 0.3) is 0 Å². The van der Waals surface area contributed by atoms with Crippen molar-refractivity contribution < 1.29 is 0 Å². The Hall–Kier alpha value is -4.10. The summed E-state index contributed by atoms with van der Waals surface area (Å²) in [6, 6.07) is 41.9. The summed E-state index contributed by atoms with van der Waals surface area (Å²) in [5, 5.41) is 3.96. The molecule has 7 rings (SSSR count). The largest absolute Gasteiger partial charge is 0.309 e. The maximum Gasteiger partial charge on any atom is 0.0591 e. The first-order valence-electron chi connectivity index (χ1n) is 12.0. The van der Waals surface area contributed by atoms with Crippen LogP contribution in [-0.4, -0.2) is 4.57 Å². The van der Waals surface area contributed by atoms with Gasteiger partial charge in [-0.15, -0.1) is 0 Å². The van der Waals surface area contributed by atoms with E-state index < -0.39 is 0 Å². The molecule has 6 aromatic rings. The van der Waals surface area contributed by atoms with Crippen molar-refractivity contribution in [3.8, 4) is 28.1 Å². The molecule has 162 valence electrons. The second-order valence-electron chi connectivity index (χ2n) is 9.83. The van der Waals surface area contributed by atoms with Gasteiger partial charge in [0.1, 0.15) is 0 Å². The number of hydrogen-bond donors (Lipinski definition) is 0. The van der Waals surface area contributed by atoms with E-state index in [1.807, 2.05) is 0 Å². The second kappa shape index (κ2) is 6.95. The standard InChI is InChI=1S/C33H25N/c1-33(2)28-19-17-23-13-9-10-16-26(23)30(28)32-31(33)27-21-24(22-11-5-3-6-12-22)18-20-29(27)34(32)25-14-7-4-8-15-25/h3-21H,1-2H3. The monoisotopic (exact) mass is 435 g/mol. The first-order chi connectivity index (χ1) is 16.6. The predicted molar refractivity (Wildman–Crippen MR) is 144 cm³/mol. The molecule has 5 aromatic carbocycles. The Labute approximate surface area is 199 Å². The molecule has 0 N–H and O–H groups in total. The lowest BCUT2D eigenvalue weighted by atomic mass is 9.81. The zero-order chi connectivity index (χ0) is 22.9. The van der Waals surface area contributed by atoms with Crippen LogP contribution in [0, 0.1) is 0 Å². The topological polar surface area (TPSA) is 4.93 Å². The van der Waals surface area contributed by atoms with Crippen LogP contribution in [0.5, 0.6) is 0 Å². The summed E-state index contributed by atoms with van der Waals surface area (Å²) in [6.07, 6.45) is 0. The summed E-state index contributed by atoms with van der Waals surface area (Å²) < 4.78 is 2.49. The van der Waals surface area contributed by atoms with Gasteiger partial charge in [-0.2, -0.15) is 0 Å². The van der Waals surface area contributed by atoms with Gasteiger partial charge in [0.15, 0.2) is 0 Å². The highest BCUT2D eigenvalue weighted by Gasteiger charge is 2.41. The molecule has 0 radical (unpaired) electrons. The van der Waals surface area contributed by atoms with E-state index in [0.29, 0.717) is 0 Å². The van der Waals surface area contributed by atoms with Gasteiger partial charge in [0, 0.05) is 22.1 Å². The molecule has 34 heavy (non-hydrogen) atoms. The molecule has 1 aliphatic carbocycles. The molecule has 1 aliphatic rings. The third-order valence-electron chi connectivity index (χ3n) is 7.55. The van der Waals surface area contributed by atoms with Crippen LogP contribution in [0.3, 0.4) is 0 Å². The van der Waals surface area contributed by atoms with Gasteiger partial charge in [-0.05, 0) is 57.3 Å². The lowest BCUT2D eigenvalue weighted by molar-refractivity contribution is 0.667. The highest BCUT2D eigenvalue weighted by molar-refractivity contribution is 6.08. The van der Waals surface area contributed by atoms with Crippen LogP contribution in [0.4, 0.5) is 0 Å². The normalized spacial score (nSPS) is 13.8. The molecule has 0 spiro atoms. The van der Waals surface area contributed by atoms with Gasteiger partial charge in [0.05, 0.1) is 11.2 Å². The van der Waals surface area contributed by atoms with Crippen LogP contribution in [0.1, 0.15) is 25.0 Å². The minimum atomic E-state index is -0.0950. The third-order valence-corrected chi connectivity index (χ3v) is 7.55. The average molecular weight is 436 g/mol. The average Bonchev–Trinajstić information content (AvgIpc) is 3.35. The van der Waals surface area contributed by atoms with Crippen LogP contribution in [0.2, 0.25) is 0 Å². The van der Waals surface area contributed by atoms with Crippen molar-refractivity contribution in [2.24, 2.45) is 0 Å². The van der Waals surface area contributed by atoms with E-state index in [1.165, 1.54) is 60.9 Å². The van der Waals surface area contributed by atoms with Crippen LogP contribution >= 0.6 is 0 Å². The summed E-state index contributed by atoms with van der Waals surface area (Å²) in [5.74, 6) is 0. The summed E-state index contributed by atoms with van der Waals surface area (Å²) >= 11 is 0. The highest BCUT2D eigenvalue weighted by atomic mass is 15.0. The van der Waals surface area contributed by atoms with E-state index in [2.05, 4.69) is 134 Å². The summed E-state index contributed by atoms with van der Waals surface area (Å²) in [7, 11) is 0. The quantitative estimate of drug-likeness (QED) is 0.256. The van der Waals surface area contributed by atoms with Gasteiger partial charge < -0.3 is 4.57 Å². The minimum Gasteiger partial charge on any atom is -0.309 e. The molecule has 1 aromatic heterocycles. The molecular formula is C33H25N. The van der Waals surface area contributed by atoms with Gasteiger partial charge in [-0.3, -0.25) is 0 Å². The Morgan fingerprint density at radius 3 is 2.09 bits per heavy atom. The summed E-state index contributed by atoms with van der Waals surface area (Å²) in [6.45, 7) is 4.77. The maximum atomic E-state index is 2.49. The van der Waals surface area contributed by atoms with Crippen molar-refractivity contribution in [3.63, 3.8) is 0 Å². The number of para-hydroxylation sites is 1. The zero-order valence-corrected chi connectivity index (χ0v) is 19.4. The van der Waals surface area contributed by atoms with E-state index >= 15 is 0 Å². The van der Waals surface area contributed by atoms with E-state index in [0.717, 1.165) is 0 Å². The Morgan fingerprint density at radius 2 is 1.29 bits per heavy atom. The van der Waals surface area contributed by atoms with Crippen LogP contribution in [-0.2, 0) is 5.41 Å². The molecule has 1 heterocycles. The van der Waals surface area contributed by atoms with Crippen LogP contribution < -0.4 is 0 Å². The number of hydrogen-bond acceptors (Lipinski definition) is 0. The number of benzene rings is 5. The van der Waals surface area contributed by atoms with Crippen molar-refractivity contribution >= 4 is 21.7 Å². The van der Waals surface area contributed by atoms with Crippen molar-refractivity contribution in [2.75, 3.05) is 0 Å². The van der Waals surface area contributed by atoms with E-state index in [-0.39, 0.29) is 5.41 Å². The lowest BCUT2D eigenvalue weighted by Gasteiger charge is -2.22. The Kier molecular flexibility index (Phi) is 3.96. The van der Waals surface area contributed by atoms with E-state index in [1.54, 1.807) is 0 Å². The number of nitrogens with zero attached hydrogens (tertiary/aromatic N) is 1. The minimum absolute atomic E-state index is 0.0950. The van der Waals surface area contributed by atoms with Crippen molar-refractivity contribution in [1.82, 2.24) is 4.57 Å². The maximum absolute atomic E-state index is 2.49. The molecular weight excluding hydrogens is 410 g/mol. The number of aromatic nitrogens is 1. The second-order valence-corrected chi connectivity index (χ2v) is 9.83. The Balaban J connectivity index is 1.66. The first-order valence-corrected chi connectivity index (χ1v) is 12.0. The Morgan fingerprint density at radius 1 is 0.588 bits per heavy atom. The van der Waals surface area contributed by atoms with Crippen molar-refractivity contribution in [2.45, 2.75) is 19.3 Å². The van der Waals surface area contributed by atoms with E-state index in [4.69, 9.17) is 0 Å². The lowest BCUT2D eigenvalue weighted by Crippen LogP contribution is -2.14. The fourth-order valence-corrected chi connectivity index (χ4v) is 6.00. The Bertz CT molecular complexity index is 1700. The summed E-state index contributed by atoms with van der Waals surface area (Å²) in [5.41, 5.74) is 10.4. The van der Waals surface area contributed by atoms with Crippen LogP contribution in [0.25, 0.3) is 49.7 Å². The molecule has 0 saturated carbocycles. The van der Waals surface area contributed by atoms with Gasteiger partial charge in [-0.1, -0.05) is 105 Å². The molecule has 1 nitrogen and oxygen atoms in total. The molecule has 0 aliphatic heterocycles. The molecule has 0 unspecified atom stereocenters. The summed E-state index contributed by atoms with van der Waals surface area (Å²) in [4.78, 5) is 0.